The van der Waals surface area contributed by atoms with Crippen molar-refractivity contribution in [2.45, 2.75) is 43.6 Å². The number of rotatable bonds is 5. The molecule has 1 fully saturated rings. The van der Waals surface area contributed by atoms with Crippen molar-refractivity contribution in [3.8, 4) is 0 Å². The van der Waals surface area contributed by atoms with Gasteiger partial charge in [-0.05, 0) is 19.3 Å². The maximum absolute atomic E-state index is 11.7. The summed E-state index contributed by atoms with van der Waals surface area (Å²) in [4.78, 5) is 11.1. The first-order chi connectivity index (χ1) is 9.84. The van der Waals surface area contributed by atoms with Crippen LogP contribution in [0.5, 0.6) is 0 Å². The smallest absolute Gasteiger partial charge is 0.358 e. The zero-order chi connectivity index (χ0) is 15.6. The van der Waals surface area contributed by atoms with Gasteiger partial charge in [0.1, 0.15) is 9.84 Å². The van der Waals surface area contributed by atoms with E-state index >= 15 is 0 Å². The molecule has 1 aromatic rings. The summed E-state index contributed by atoms with van der Waals surface area (Å²) in [5, 5.41) is 16.3. The van der Waals surface area contributed by atoms with Crippen LogP contribution in [0.3, 0.4) is 0 Å². The van der Waals surface area contributed by atoms with E-state index in [-0.39, 0.29) is 18.3 Å². The highest BCUT2D eigenvalue weighted by atomic mass is 32.2. The van der Waals surface area contributed by atoms with Crippen molar-refractivity contribution in [1.29, 1.82) is 0 Å². The molecule has 1 aliphatic carbocycles. The van der Waals surface area contributed by atoms with Crippen molar-refractivity contribution in [3.63, 3.8) is 0 Å². The molecule has 2 unspecified atom stereocenters. The number of hydrogen-bond donors (Lipinski definition) is 1. The second-order valence-corrected chi connectivity index (χ2v) is 7.67. The van der Waals surface area contributed by atoms with Gasteiger partial charge in [-0.25, -0.2) is 17.9 Å². The summed E-state index contributed by atoms with van der Waals surface area (Å²) >= 11 is 0. The summed E-state index contributed by atoms with van der Waals surface area (Å²) in [6.45, 7) is 0.0781. The maximum Gasteiger partial charge on any atom is 0.358 e. The molecule has 1 aromatic heterocycles. The zero-order valence-electron chi connectivity index (χ0n) is 12.0. The summed E-state index contributed by atoms with van der Waals surface area (Å²) < 4.78 is 30.0. The van der Waals surface area contributed by atoms with Crippen molar-refractivity contribution in [3.05, 3.63) is 11.4 Å². The molecule has 0 bridgehead atoms. The second kappa shape index (κ2) is 6.10. The number of hydrogen-bond acceptors (Lipinski definition) is 6. The molecule has 9 heteroatoms. The summed E-state index contributed by atoms with van der Waals surface area (Å²) in [6.07, 6.45) is 3.82. The first-order valence-corrected chi connectivity index (χ1v) is 8.65. The van der Waals surface area contributed by atoms with E-state index in [4.69, 9.17) is 9.84 Å². The number of ether oxygens (including phenoxy) is 1. The molecule has 0 radical (unpaired) electrons. The van der Waals surface area contributed by atoms with E-state index in [0.717, 1.165) is 12.8 Å². The fourth-order valence-corrected chi connectivity index (χ4v) is 3.94. The van der Waals surface area contributed by atoms with Gasteiger partial charge in [0.25, 0.3) is 0 Å². The number of carbonyl (C=O) groups is 1. The Morgan fingerprint density at radius 3 is 2.76 bits per heavy atom. The average Bonchev–Trinajstić information content (AvgIpc) is 2.82. The van der Waals surface area contributed by atoms with Gasteiger partial charge in [0.2, 0.25) is 0 Å². The molecule has 21 heavy (non-hydrogen) atoms. The quantitative estimate of drug-likeness (QED) is 0.848. The van der Waals surface area contributed by atoms with Crippen LogP contribution < -0.4 is 0 Å². The molecular weight excluding hydrogens is 298 g/mol. The van der Waals surface area contributed by atoms with Gasteiger partial charge in [0, 0.05) is 13.4 Å². The molecule has 118 valence electrons. The molecule has 0 aliphatic heterocycles. The predicted octanol–water partition coefficient (Wildman–Crippen LogP) is 0.651. The molecule has 0 spiro atoms. The van der Waals surface area contributed by atoms with E-state index in [1.807, 2.05) is 0 Å². The van der Waals surface area contributed by atoms with Gasteiger partial charge in [-0.15, -0.1) is 5.10 Å². The zero-order valence-corrected chi connectivity index (χ0v) is 12.8. The SMILES string of the molecule is COCc1c(C(=O)O)nnn1C1CCCC(S(C)(=O)=O)C1. The van der Waals surface area contributed by atoms with Gasteiger partial charge in [-0.3, -0.25) is 0 Å². The fourth-order valence-electron chi connectivity index (χ4n) is 2.78. The molecule has 0 saturated heterocycles. The lowest BCUT2D eigenvalue weighted by Gasteiger charge is -2.28. The minimum Gasteiger partial charge on any atom is -0.476 e. The van der Waals surface area contributed by atoms with Crippen molar-refractivity contribution in [2.75, 3.05) is 13.4 Å². The number of carboxylic acids is 1. The van der Waals surface area contributed by atoms with Crippen LogP contribution in [0, 0.1) is 0 Å². The minimum absolute atomic E-state index is 0.0781. The van der Waals surface area contributed by atoms with Crippen LogP contribution in [-0.2, 0) is 21.2 Å². The average molecular weight is 317 g/mol. The highest BCUT2D eigenvalue weighted by molar-refractivity contribution is 7.91. The van der Waals surface area contributed by atoms with E-state index in [9.17, 15) is 13.2 Å². The highest BCUT2D eigenvalue weighted by Gasteiger charge is 2.32. The summed E-state index contributed by atoms with van der Waals surface area (Å²) in [5.74, 6) is -1.16. The Balaban J connectivity index is 2.31. The number of aromatic nitrogens is 3. The first kappa shape index (κ1) is 15.9. The van der Waals surface area contributed by atoms with E-state index in [2.05, 4.69) is 10.3 Å². The van der Waals surface area contributed by atoms with E-state index < -0.39 is 21.1 Å². The number of aromatic carboxylic acids is 1. The van der Waals surface area contributed by atoms with Crippen LogP contribution >= 0.6 is 0 Å². The van der Waals surface area contributed by atoms with Crippen molar-refractivity contribution in [1.82, 2.24) is 15.0 Å². The van der Waals surface area contributed by atoms with Crippen LogP contribution in [0.4, 0.5) is 0 Å². The van der Waals surface area contributed by atoms with Crippen LogP contribution in [-0.4, -0.2) is 53.1 Å². The summed E-state index contributed by atoms with van der Waals surface area (Å²) in [6, 6.07) is -0.163. The molecule has 1 saturated carbocycles. The van der Waals surface area contributed by atoms with Gasteiger partial charge in [0.05, 0.1) is 23.6 Å². The van der Waals surface area contributed by atoms with Crippen LogP contribution in [0.15, 0.2) is 0 Å². The molecule has 8 nitrogen and oxygen atoms in total. The topological polar surface area (TPSA) is 111 Å². The largest absolute Gasteiger partial charge is 0.476 e. The lowest BCUT2D eigenvalue weighted by atomic mass is 9.95. The molecule has 0 aromatic carbocycles. The third kappa shape index (κ3) is 3.41. The number of sulfone groups is 1. The summed E-state index contributed by atoms with van der Waals surface area (Å²) in [5.41, 5.74) is 0.238. The van der Waals surface area contributed by atoms with Gasteiger partial charge in [-0.1, -0.05) is 11.6 Å². The Hall–Kier alpha value is -1.48. The van der Waals surface area contributed by atoms with Crippen molar-refractivity contribution >= 4 is 15.8 Å². The van der Waals surface area contributed by atoms with E-state index in [0.29, 0.717) is 18.5 Å². The lowest BCUT2D eigenvalue weighted by Crippen LogP contribution is -2.30. The van der Waals surface area contributed by atoms with Gasteiger partial charge >= 0.3 is 5.97 Å². The molecule has 2 rings (SSSR count). The lowest BCUT2D eigenvalue weighted by molar-refractivity contribution is 0.0684. The Labute approximate surface area is 123 Å². The predicted molar refractivity (Wildman–Crippen MR) is 73.8 cm³/mol. The number of nitrogens with zero attached hydrogens (tertiary/aromatic N) is 3. The van der Waals surface area contributed by atoms with Crippen molar-refractivity contribution in [2.24, 2.45) is 0 Å². The second-order valence-electron chi connectivity index (χ2n) is 5.34. The third-order valence-electron chi connectivity index (χ3n) is 3.82. The van der Waals surface area contributed by atoms with Crippen molar-refractivity contribution < 1.29 is 23.1 Å². The molecular formula is C12H19N3O5S. The summed E-state index contributed by atoms with van der Waals surface area (Å²) in [7, 11) is -1.65. The Bertz CT molecular complexity index is 625. The van der Waals surface area contributed by atoms with E-state index in [1.165, 1.54) is 18.0 Å². The molecule has 1 N–H and O–H groups in total. The Morgan fingerprint density at radius 2 is 2.19 bits per heavy atom. The maximum atomic E-state index is 11.7. The van der Waals surface area contributed by atoms with Gasteiger partial charge in [0.15, 0.2) is 5.69 Å². The molecule has 1 heterocycles. The normalized spacial score (nSPS) is 23.1. The van der Waals surface area contributed by atoms with E-state index in [1.54, 1.807) is 0 Å². The van der Waals surface area contributed by atoms with Crippen LogP contribution in [0.1, 0.15) is 47.9 Å². The highest BCUT2D eigenvalue weighted by Crippen LogP contribution is 2.32. The Morgan fingerprint density at radius 1 is 1.48 bits per heavy atom. The third-order valence-corrected chi connectivity index (χ3v) is 5.46. The number of methoxy groups -OCH3 is 1. The van der Waals surface area contributed by atoms with Crippen LogP contribution in [0.25, 0.3) is 0 Å². The van der Waals surface area contributed by atoms with Gasteiger partial charge in [-0.2, -0.15) is 0 Å². The first-order valence-electron chi connectivity index (χ1n) is 6.69. The number of carboxylic acid groups (broad SMARTS) is 1. The Kier molecular flexibility index (Phi) is 4.62. The standard InChI is InChI=1S/C12H19N3O5S/c1-20-7-10-11(12(16)17)13-14-15(10)8-4-3-5-9(6-8)21(2,18)19/h8-9H,3-7H2,1-2H3,(H,16,17). The fraction of sp³-hybridized carbons (Fsp3) is 0.750. The minimum atomic E-state index is -3.11. The molecule has 2 atom stereocenters. The van der Waals surface area contributed by atoms with Gasteiger partial charge < -0.3 is 9.84 Å². The monoisotopic (exact) mass is 317 g/mol. The molecule has 1 aliphatic rings. The van der Waals surface area contributed by atoms with Crippen LogP contribution in [0.2, 0.25) is 0 Å². The molecule has 0 amide bonds.